The van der Waals surface area contributed by atoms with E-state index in [4.69, 9.17) is 14.2 Å². The second kappa shape index (κ2) is 7.01. The van der Waals surface area contributed by atoms with Crippen LogP contribution >= 0.6 is 0 Å². The average Bonchev–Trinajstić information content (AvgIpc) is 2.62. The molecule has 0 aliphatic carbocycles. The SMILES string of the molecule is COc1ccc(CN2CCc3cc(OC)c(OC)cc3C2)c(O)c1. The van der Waals surface area contributed by atoms with Crippen LogP contribution in [0.3, 0.4) is 0 Å². The van der Waals surface area contributed by atoms with Crippen LogP contribution in [0.25, 0.3) is 0 Å². The highest BCUT2D eigenvalue weighted by molar-refractivity contribution is 5.48. The summed E-state index contributed by atoms with van der Waals surface area (Å²) in [6.07, 6.45) is 0.951. The molecule has 1 aliphatic rings. The topological polar surface area (TPSA) is 51.2 Å². The molecule has 3 rings (SSSR count). The van der Waals surface area contributed by atoms with Gasteiger partial charge in [-0.15, -0.1) is 0 Å². The number of phenolic OH excluding ortho intramolecular Hbond substituents is 1. The summed E-state index contributed by atoms with van der Waals surface area (Å²) >= 11 is 0. The lowest BCUT2D eigenvalue weighted by Gasteiger charge is -2.29. The Kier molecular flexibility index (Phi) is 4.81. The fourth-order valence-corrected chi connectivity index (χ4v) is 3.12. The van der Waals surface area contributed by atoms with Crippen LogP contribution in [0.1, 0.15) is 16.7 Å². The first-order valence-corrected chi connectivity index (χ1v) is 7.96. The molecule has 24 heavy (non-hydrogen) atoms. The maximum absolute atomic E-state index is 10.2. The second-order valence-corrected chi connectivity index (χ2v) is 5.93. The molecular formula is C19H23NO4. The lowest BCUT2D eigenvalue weighted by Crippen LogP contribution is -2.30. The van der Waals surface area contributed by atoms with Crippen molar-refractivity contribution in [2.45, 2.75) is 19.5 Å². The predicted molar refractivity (Wildman–Crippen MR) is 92.0 cm³/mol. The van der Waals surface area contributed by atoms with E-state index in [-0.39, 0.29) is 5.75 Å². The summed E-state index contributed by atoms with van der Waals surface area (Å²) in [7, 11) is 4.91. The molecule has 5 heteroatoms. The minimum atomic E-state index is 0.271. The molecule has 0 unspecified atom stereocenters. The van der Waals surface area contributed by atoms with E-state index in [2.05, 4.69) is 11.0 Å². The van der Waals surface area contributed by atoms with Crippen LogP contribution in [0, 0.1) is 0 Å². The smallest absolute Gasteiger partial charge is 0.161 e. The van der Waals surface area contributed by atoms with Crippen molar-refractivity contribution in [2.24, 2.45) is 0 Å². The van der Waals surface area contributed by atoms with E-state index in [1.165, 1.54) is 11.1 Å². The monoisotopic (exact) mass is 329 g/mol. The van der Waals surface area contributed by atoms with Crippen molar-refractivity contribution in [2.75, 3.05) is 27.9 Å². The summed E-state index contributed by atoms with van der Waals surface area (Å²) < 4.78 is 15.9. The number of hydrogen-bond donors (Lipinski definition) is 1. The van der Waals surface area contributed by atoms with Crippen molar-refractivity contribution in [1.82, 2.24) is 4.90 Å². The Bertz CT molecular complexity index is 730. The summed E-state index contributed by atoms with van der Waals surface area (Å²) in [6.45, 7) is 2.46. The molecule has 1 heterocycles. The lowest BCUT2D eigenvalue weighted by atomic mass is 9.98. The Morgan fingerprint density at radius 1 is 0.958 bits per heavy atom. The molecule has 0 amide bonds. The van der Waals surface area contributed by atoms with Gasteiger partial charge in [0.1, 0.15) is 11.5 Å². The van der Waals surface area contributed by atoms with E-state index in [1.807, 2.05) is 18.2 Å². The van der Waals surface area contributed by atoms with Gasteiger partial charge in [-0.3, -0.25) is 4.90 Å². The molecule has 0 atom stereocenters. The summed E-state index contributed by atoms with van der Waals surface area (Å²) in [6, 6.07) is 9.56. The van der Waals surface area contributed by atoms with Gasteiger partial charge in [-0.1, -0.05) is 6.07 Å². The Balaban J connectivity index is 1.77. The maximum atomic E-state index is 10.2. The summed E-state index contributed by atoms with van der Waals surface area (Å²) in [5.41, 5.74) is 3.44. The molecule has 2 aromatic carbocycles. The molecule has 0 bridgehead atoms. The molecular weight excluding hydrogens is 306 g/mol. The quantitative estimate of drug-likeness (QED) is 0.914. The van der Waals surface area contributed by atoms with Gasteiger partial charge in [0.2, 0.25) is 0 Å². The van der Waals surface area contributed by atoms with Gasteiger partial charge in [-0.2, -0.15) is 0 Å². The first kappa shape index (κ1) is 16.5. The van der Waals surface area contributed by atoms with E-state index in [0.29, 0.717) is 12.3 Å². The fraction of sp³-hybridized carbons (Fsp3) is 0.368. The highest BCUT2D eigenvalue weighted by atomic mass is 16.5. The Hall–Kier alpha value is -2.40. The molecule has 1 N–H and O–H groups in total. The summed E-state index contributed by atoms with van der Waals surface area (Å²) in [4.78, 5) is 2.32. The van der Waals surface area contributed by atoms with Crippen LogP contribution in [0.2, 0.25) is 0 Å². The van der Waals surface area contributed by atoms with Crippen molar-refractivity contribution in [1.29, 1.82) is 0 Å². The van der Waals surface area contributed by atoms with Crippen molar-refractivity contribution in [3.63, 3.8) is 0 Å². The van der Waals surface area contributed by atoms with Crippen LogP contribution in [-0.4, -0.2) is 37.9 Å². The number of fused-ring (bicyclic) bond motifs is 1. The standard InChI is InChI=1S/C19H23NO4/c1-22-16-5-4-14(17(21)10-16)11-20-7-6-13-8-18(23-2)19(24-3)9-15(13)12-20/h4-5,8-10,21H,6-7,11-12H2,1-3H3. The number of aromatic hydroxyl groups is 1. The Morgan fingerprint density at radius 3 is 2.29 bits per heavy atom. The van der Waals surface area contributed by atoms with E-state index in [9.17, 15) is 5.11 Å². The Labute approximate surface area is 142 Å². The number of ether oxygens (including phenoxy) is 3. The highest BCUT2D eigenvalue weighted by Crippen LogP contribution is 2.34. The number of nitrogens with zero attached hydrogens (tertiary/aromatic N) is 1. The molecule has 2 aromatic rings. The van der Waals surface area contributed by atoms with Gasteiger partial charge in [0.05, 0.1) is 21.3 Å². The molecule has 0 radical (unpaired) electrons. The van der Waals surface area contributed by atoms with Gasteiger partial charge < -0.3 is 19.3 Å². The van der Waals surface area contributed by atoms with E-state index < -0.39 is 0 Å². The molecule has 128 valence electrons. The third-order valence-electron chi connectivity index (χ3n) is 4.48. The molecule has 0 fully saturated rings. The highest BCUT2D eigenvalue weighted by Gasteiger charge is 2.20. The molecule has 0 saturated carbocycles. The van der Waals surface area contributed by atoms with Crippen LogP contribution in [0.4, 0.5) is 0 Å². The zero-order valence-corrected chi connectivity index (χ0v) is 14.3. The van der Waals surface area contributed by atoms with Crippen molar-refractivity contribution in [3.8, 4) is 23.0 Å². The third kappa shape index (κ3) is 3.26. The van der Waals surface area contributed by atoms with Crippen molar-refractivity contribution >= 4 is 0 Å². The normalized spacial score (nSPS) is 14.1. The van der Waals surface area contributed by atoms with Crippen LogP contribution in [0.15, 0.2) is 30.3 Å². The third-order valence-corrected chi connectivity index (χ3v) is 4.48. The molecule has 0 aromatic heterocycles. The van der Waals surface area contributed by atoms with Crippen LogP contribution in [-0.2, 0) is 19.5 Å². The fourth-order valence-electron chi connectivity index (χ4n) is 3.12. The molecule has 0 spiro atoms. The van der Waals surface area contributed by atoms with E-state index in [0.717, 1.165) is 36.6 Å². The number of methoxy groups -OCH3 is 3. The van der Waals surface area contributed by atoms with E-state index in [1.54, 1.807) is 27.4 Å². The second-order valence-electron chi connectivity index (χ2n) is 5.93. The van der Waals surface area contributed by atoms with Crippen LogP contribution < -0.4 is 14.2 Å². The van der Waals surface area contributed by atoms with Gasteiger partial charge in [0.25, 0.3) is 0 Å². The summed E-state index contributed by atoms with van der Waals surface area (Å²) in [5, 5.41) is 10.2. The van der Waals surface area contributed by atoms with Crippen molar-refractivity contribution in [3.05, 3.63) is 47.0 Å². The molecule has 5 nitrogen and oxygen atoms in total. The largest absolute Gasteiger partial charge is 0.507 e. The van der Waals surface area contributed by atoms with Gasteiger partial charge in [0, 0.05) is 31.3 Å². The minimum absolute atomic E-state index is 0.271. The predicted octanol–water partition coefficient (Wildman–Crippen LogP) is 2.98. The first-order valence-electron chi connectivity index (χ1n) is 7.96. The van der Waals surface area contributed by atoms with Gasteiger partial charge in [0.15, 0.2) is 11.5 Å². The number of rotatable bonds is 5. The molecule has 1 aliphatic heterocycles. The molecule has 0 saturated heterocycles. The lowest BCUT2D eigenvalue weighted by molar-refractivity contribution is 0.241. The zero-order chi connectivity index (χ0) is 17.1. The summed E-state index contributed by atoms with van der Waals surface area (Å²) in [5.74, 6) is 2.47. The number of benzene rings is 2. The van der Waals surface area contributed by atoms with Gasteiger partial charge >= 0.3 is 0 Å². The van der Waals surface area contributed by atoms with Gasteiger partial charge in [-0.25, -0.2) is 0 Å². The van der Waals surface area contributed by atoms with Gasteiger partial charge in [-0.05, 0) is 35.7 Å². The zero-order valence-electron chi connectivity index (χ0n) is 14.3. The average molecular weight is 329 g/mol. The number of hydrogen-bond acceptors (Lipinski definition) is 5. The van der Waals surface area contributed by atoms with Crippen LogP contribution in [0.5, 0.6) is 23.0 Å². The minimum Gasteiger partial charge on any atom is -0.507 e. The number of phenols is 1. The maximum Gasteiger partial charge on any atom is 0.161 e. The van der Waals surface area contributed by atoms with Crippen molar-refractivity contribution < 1.29 is 19.3 Å². The Morgan fingerprint density at radius 2 is 1.67 bits per heavy atom. The first-order chi connectivity index (χ1) is 11.6. The van der Waals surface area contributed by atoms with E-state index >= 15 is 0 Å².